The Kier molecular flexibility index (Phi) is 10.1. The monoisotopic (exact) mass is 425 g/mol. The quantitative estimate of drug-likeness (QED) is 0.203. The van der Waals surface area contributed by atoms with E-state index in [0.717, 1.165) is 0 Å². The van der Waals surface area contributed by atoms with Gasteiger partial charge in [0.1, 0.15) is 0 Å². The van der Waals surface area contributed by atoms with Crippen molar-refractivity contribution >= 4 is 0 Å². The van der Waals surface area contributed by atoms with E-state index >= 15 is 0 Å². The van der Waals surface area contributed by atoms with Crippen LogP contribution in [0.4, 0.5) is 0 Å². The predicted molar refractivity (Wildman–Crippen MR) is 98.3 cm³/mol. The molecule has 0 unspecified atom stereocenters. The molecule has 0 N–H and O–H groups in total. The van der Waals surface area contributed by atoms with Crippen LogP contribution < -0.4 is 21.2 Å². The Morgan fingerprint density at radius 2 is 1.61 bits per heavy atom. The van der Waals surface area contributed by atoms with Crippen molar-refractivity contribution in [3.8, 4) is 0 Å². The zero-order valence-electron chi connectivity index (χ0n) is 15.0. The van der Waals surface area contributed by atoms with E-state index in [9.17, 15) is 0 Å². The van der Waals surface area contributed by atoms with Gasteiger partial charge < -0.3 is 0 Å². The first-order valence-electron chi connectivity index (χ1n) is 9.86. The normalized spacial score (nSPS) is 17.5. The summed E-state index contributed by atoms with van der Waals surface area (Å²) in [5.41, 5.74) is 6.72. The summed E-state index contributed by atoms with van der Waals surface area (Å²) in [7, 11) is 0. The molecule has 0 bridgehead atoms. The second-order valence-electron chi connectivity index (χ2n) is 6.89. The number of rotatable bonds is 11. The molecule has 1 saturated heterocycles. The number of allylic oxidation sites excluding steroid dienone is 5. The second-order valence-corrected chi connectivity index (χ2v) is 9.81. The van der Waals surface area contributed by atoms with Gasteiger partial charge in [-0.2, -0.15) is 0 Å². The summed E-state index contributed by atoms with van der Waals surface area (Å²) in [5.74, 6) is 0. The predicted octanol–water partition coefficient (Wildman–Crippen LogP) is 4.09. The summed E-state index contributed by atoms with van der Waals surface area (Å²) in [4.78, 5) is 0. The van der Waals surface area contributed by atoms with Gasteiger partial charge >= 0.3 is 129 Å². The van der Waals surface area contributed by atoms with Gasteiger partial charge in [-0.15, -0.1) is 0 Å². The Hall–Kier alpha value is -0.270. The molecule has 0 nitrogen and oxygen atoms in total. The molecule has 0 spiro atoms. The second kappa shape index (κ2) is 12.1. The van der Waals surface area contributed by atoms with Crippen LogP contribution in [0.15, 0.2) is 38.7 Å². The van der Waals surface area contributed by atoms with Crippen LogP contribution in [0.1, 0.15) is 90.4 Å². The van der Waals surface area contributed by atoms with Crippen molar-refractivity contribution in [2.45, 2.75) is 90.4 Å². The molecule has 1 heterocycles. The Balaban J connectivity index is 1.54. The molecule has 2 rings (SSSR count). The molecule has 130 valence electrons. The van der Waals surface area contributed by atoms with Gasteiger partial charge in [0, 0.05) is 0 Å². The fourth-order valence-electron chi connectivity index (χ4n) is 3.29. The van der Waals surface area contributed by atoms with Crippen LogP contribution in [-0.4, -0.2) is 4.43 Å². The molecule has 0 aromatic carbocycles. The van der Waals surface area contributed by atoms with Crippen LogP contribution in [0.3, 0.4) is 0 Å². The fraction of sp³-hybridized carbons (Fsp3) is 0.682. The summed E-state index contributed by atoms with van der Waals surface area (Å²) < 4.78 is 3.05. The van der Waals surface area contributed by atoms with E-state index < -0.39 is 0 Å². The zero-order valence-corrected chi connectivity index (χ0v) is 17.2. The minimum atomic E-state index is 0.259. The average Bonchev–Trinajstić information content (AvgIpc) is 2.79. The van der Waals surface area contributed by atoms with Crippen LogP contribution in [0.2, 0.25) is 0 Å². The van der Waals surface area contributed by atoms with Crippen LogP contribution in [-0.2, 0) is 0 Å². The van der Waals surface area contributed by atoms with Gasteiger partial charge in [0.2, 0.25) is 0 Å². The van der Waals surface area contributed by atoms with Crippen molar-refractivity contribution in [3.63, 3.8) is 0 Å². The summed E-state index contributed by atoms with van der Waals surface area (Å²) in [5, 5.41) is 0. The molecule has 0 saturated carbocycles. The van der Waals surface area contributed by atoms with E-state index in [0.29, 0.717) is 0 Å². The van der Waals surface area contributed by atoms with E-state index in [1.165, 1.54) is 93.5 Å². The first kappa shape index (κ1) is 19.1. The number of fused-ring (bicyclic) bond motifs is 1. The molecule has 23 heavy (non-hydrogen) atoms. The fourth-order valence-corrected chi connectivity index (χ4v) is 5.90. The van der Waals surface area contributed by atoms with Gasteiger partial charge in [-0.05, 0) is 0 Å². The van der Waals surface area contributed by atoms with Crippen LogP contribution in [0, 0.1) is 0 Å². The Morgan fingerprint density at radius 1 is 0.913 bits per heavy atom. The van der Waals surface area contributed by atoms with Crippen LogP contribution >= 0.6 is 0 Å². The van der Waals surface area contributed by atoms with Crippen molar-refractivity contribution < 1.29 is 21.2 Å². The number of alkyl halides is 1. The summed E-state index contributed by atoms with van der Waals surface area (Å²) in [6.07, 6.45) is 25.2. The SMILES string of the molecule is CCCCCCCCCCCCC1=CC=C2CCC[I-]C2=C=C1. The summed E-state index contributed by atoms with van der Waals surface area (Å²) in [6.45, 7) is 2.29. The van der Waals surface area contributed by atoms with Crippen molar-refractivity contribution in [1.82, 2.24) is 0 Å². The van der Waals surface area contributed by atoms with E-state index in [-0.39, 0.29) is 21.2 Å². The van der Waals surface area contributed by atoms with Crippen molar-refractivity contribution in [2.24, 2.45) is 0 Å². The average molecular weight is 425 g/mol. The third-order valence-electron chi connectivity index (χ3n) is 4.79. The van der Waals surface area contributed by atoms with Crippen LogP contribution in [0.5, 0.6) is 0 Å². The van der Waals surface area contributed by atoms with Crippen LogP contribution in [0.25, 0.3) is 0 Å². The number of halogens is 1. The molecule has 2 aliphatic rings. The Labute approximate surface area is 154 Å². The zero-order chi connectivity index (χ0) is 16.2. The molecule has 1 heteroatoms. The molecule has 0 atom stereocenters. The van der Waals surface area contributed by atoms with Crippen molar-refractivity contribution in [2.75, 3.05) is 4.43 Å². The maximum absolute atomic E-state index is 3.62. The van der Waals surface area contributed by atoms with Gasteiger partial charge in [0.15, 0.2) is 0 Å². The number of hydrogen-bond acceptors (Lipinski definition) is 0. The number of unbranched alkanes of at least 4 members (excludes halogenated alkanes) is 9. The van der Waals surface area contributed by atoms with Gasteiger partial charge in [-0.25, -0.2) is 0 Å². The molecular formula is C22H34I-. The van der Waals surface area contributed by atoms with E-state index in [1.54, 1.807) is 9.15 Å². The molecular weight excluding hydrogens is 391 g/mol. The van der Waals surface area contributed by atoms with Crippen molar-refractivity contribution in [3.05, 3.63) is 38.7 Å². The van der Waals surface area contributed by atoms with Gasteiger partial charge in [-0.3, -0.25) is 0 Å². The van der Waals surface area contributed by atoms with E-state index in [2.05, 4.69) is 30.9 Å². The molecule has 1 aliphatic heterocycles. The summed E-state index contributed by atoms with van der Waals surface area (Å²) in [6, 6.07) is 0. The third kappa shape index (κ3) is 7.90. The van der Waals surface area contributed by atoms with Crippen molar-refractivity contribution in [1.29, 1.82) is 0 Å². The van der Waals surface area contributed by atoms with E-state index in [1.807, 2.05) is 0 Å². The van der Waals surface area contributed by atoms with E-state index in [4.69, 9.17) is 0 Å². The first-order chi connectivity index (χ1) is 11.4. The topological polar surface area (TPSA) is 0 Å². The molecule has 0 aromatic rings. The third-order valence-corrected chi connectivity index (χ3v) is 7.86. The van der Waals surface area contributed by atoms with Gasteiger partial charge in [-0.1, -0.05) is 26.2 Å². The number of hydrogen-bond donors (Lipinski definition) is 0. The Bertz CT molecular complexity index is 460. The Morgan fingerprint density at radius 3 is 2.35 bits per heavy atom. The molecule has 0 amide bonds. The summed E-state index contributed by atoms with van der Waals surface area (Å²) >= 11 is 0.259. The van der Waals surface area contributed by atoms with Gasteiger partial charge in [0.05, 0.1) is 0 Å². The first-order valence-corrected chi connectivity index (χ1v) is 12.5. The maximum atomic E-state index is 3.62. The minimum absolute atomic E-state index is 0.259. The molecule has 1 fully saturated rings. The molecule has 1 aliphatic carbocycles. The molecule has 0 aromatic heterocycles. The van der Waals surface area contributed by atoms with Gasteiger partial charge in [0.25, 0.3) is 0 Å². The standard InChI is InChI=1S/C22H34I/c1-2-3-4-5-6-7-8-9-10-11-13-20-15-17-21-14-12-19-23-22(21)18-16-20/h15-17H,2-14,19H2,1H3/q-1. The molecule has 0 radical (unpaired) electrons.